The number of rotatable bonds is 2. The smallest absolute Gasteiger partial charge is 0.0725 e. The molecule has 0 radical (unpaired) electrons. The first-order valence-corrected chi connectivity index (χ1v) is 11.4. The van der Waals surface area contributed by atoms with Crippen LogP contribution >= 0.6 is 0 Å². The molecule has 1 aliphatic carbocycles. The van der Waals surface area contributed by atoms with Crippen molar-refractivity contribution in [2.24, 2.45) is 0 Å². The van der Waals surface area contributed by atoms with Gasteiger partial charge in [0.25, 0.3) is 0 Å². The first-order chi connectivity index (χ1) is 16.1. The number of fused-ring (bicyclic) bond motifs is 1. The van der Waals surface area contributed by atoms with Crippen molar-refractivity contribution in [3.63, 3.8) is 0 Å². The molecule has 6 aromatic rings. The van der Waals surface area contributed by atoms with Crippen LogP contribution in [0.4, 0.5) is 0 Å². The normalized spacial score (nSPS) is 14.0. The zero-order valence-electron chi connectivity index (χ0n) is 18.6. The van der Waals surface area contributed by atoms with Crippen molar-refractivity contribution in [1.29, 1.82) is 0 Å². The second-order valence-corrected chi connectivity index (χ2v) is 9.51. The summed E-state index contributed by atoms with van der Waals surface area (Å²) in [5.74, 6) is 0. The highest BCUT2D eigenvalue weighted by molar-refractivity contribution is 6.19. The minimum Gasteiger partial charge on any atom is -0.256 e. The maximum atomic E-state index is 5.12. The van der Waals surface area contributed by atoms with Gasteiger partial charge >= 0.3 is 0 Å². The van der Waals surface area contributed by atoms with E-state index in [9.17, 15) is 0 Å². The fraction of sp³-hybridized carbons (Fsp3) is 0.0968. The Hall–Kier alpha value is -4.04. The molecular formula is C31H22N2. The van der Waals surface area contributed by atoms with Gasteiger partial charge in [-0.2, -0.15) is 0 Å². The number of para-hydroxylation sites is 1. The quantitative estimate of drug-likeness (QED) is 0.265. The Morgan fingerprint density at radius 1 is 0.636 bits per heavy atom. The van der Waals surface area contributed by atoms with E-state index in [1.54, 1.807) is 0 Å². The lowest BCUT2D eigenvalue weighted by Crippen LogP contribution is -2.14. The van der Waals surface area contributed by atoms with Crippen molar-refractivity contribution < 1.29 is 0 Å². The Morgan fingerprint density at radius 2 is 1.36 bits per heavy atom. The van der Waals surface area contributed by atoms with Crippen LogP contribution in [-0.2, 0) is 5.41 Å². The molecule has 4 aromatic carbocycles. The first kappa shape index (κ1) is 18.5. The molecule has 2 nitrogen and oxygen atoms in total. The first-order valence-electron chi connectivity index (χ1n) is 11.4. The summed E-state index contributed by atoms with van der Waals surface area (Å²) in [5.41, 5.74) is 7.99. The van der Waals surface area contributed by atoms with E-state index in [0.29, 0.717) is 0 Å². The van der Waals surface area contributed by atoms with E-state index < -0.39 is 0 Å². The molecule has 0 N–H and O–H groups in total. The van der Waals surface area contributed by atoms with Gasteiger partial charge in [-0.15, -0.1) is 0 Å². The summed E-state index contributed by atoms with van der Waals surface area (Å²) in [6.07, 6.45) is 1.92. The molecule has 2 aromatic heterocycles. The number of benzene rings is 4. The minimum absolute atomic E-state index is 0.00597. The molecule has 0 amide bonds. The van der Waals surface area contributed by atoms with Gasteiger partial charge in [-0.25, -0.2) is 4.98 Å². The Morgan fingerprint density at radius 3 is 2.27 bits per heavy atom. The van der Waals surface area contributed by atoms with Crippen molar-refractivity contribution in [1.82, 2.24) is 9.97 Å². The van der Waals surface area contributed by atoms with Crippen LogP contribution in [0.1, 0.15) is 25.0 Å². The average molecular weight is 423 g/mol. The molecule has 0 saturated heterocycles. The van der Waals surface area contributed by atoms with Crippen molar-refractivity contribution in [3.05, 3.63) is 108 Å². The monoisotopic (exact) mass is 422 g/mol. The summed E-state index contributed by atoms with van der Waals surface area (Å²) in [5, 5.41) is 6.47. The van der Waals surface area contributed by atoms with Gasteiger partial charge in [-0.1, -0.05) is 74.5 Å². The summed E-state index contributed by atoms with van der Waals surface area (Å²) in [6.45, 7) is 4.67. The summed E-state index contributed by atoms with van der Waals surface area (Å²) < 4.78 is 0. The third-order valence-corrected chi connectivity index (χ3v) is 7.26. The van der Waals surface area contributed by atoms with Gasteiger partial charge in [0.2, 0.25) is 0 Å². The summed E-state index contributed by atoms with van der Waals surface area (Å²) in [4.78, 5) is 9.77. The fourth-order valence-electron chi connectivity index (χ4n) is 5.60. The van der Waals surface area contributed by atoms with Gasteiger partial charge < -0.3 is 0 Å². The summed E-state index contributed by atoms with van der Waals surface area (Å²) in [7, 11) is 0. The van der Waals surface area contributed by atoms with Crippen molar-refractivity contribution in [2.45, 2.75) is 19.3 Å². The maximum absolute atomic E-state index is 5.12. The highest BCUT2D eigenvalue weighted by Crippen LogP contribution is 2.50. The minimum atomic E-state index is 0.00597. The standard InChI is InChI=1S/C31H22N2/c1-31(2)24-11-5-9-20-17-23(22-10-6-12-25(31)30(22)29(20)24)28-15-7-14-27(33-28)21-16-19-8-3-4-13-26(19)32-18-21/h3-18H,1-2H3. The summed E-state index contributed by atoms with van der Waals surface area (Å²) >= 11 is 0. The van der Waals surface area contributed by atoms with Crippen LogP contribution < -0.4 is 0 Å². The van der Waals surface area contributed by atoms with Crippen LogP contribution in [-0.4, -0.2) is 9.97 Å². The number of hydrogen-bond donors (Lipinski definition) is 0. The highest BCUT2D eigenvalue weighted by Gasteiger charge is 2.34. The molecule has 0 aliphatic heterocycles. The molecule has 0 unspecified atom stereocenters. The third kappa shape index (κ3) is 2.55. The highest BCUT2D eigenvalue weighted by atomic mass is 14.7. The van der Waals surface area contributed by atoms with Crippen LogP contribution in [0, 0.1) is 0 Å². The second-order valence-electron chi connectivity index (χ2n) is 9.51. The van der Waals surface area contributed by atoms with Gasteiger partial charge in [-0.3, -0.25) is 4.98 Å². The third-order valence-electron chi connectivity index (χ3n) is 7.26. The number of hydrogen-bond acceptors (Lipinski definition) is 2. The Labute approximate surface area is 192 Å². The molecule has 1 aliphatic rings. The Balaban J connectivity index is 1.48. The van der Waals surface area contributed by atoms with E-state index in [-0.39, 0.29) is 5.41 Å². The van der Waals surface area contributed by atoms with Crippen LogP contribution in [0.15, 0.2) is 97.2 Å². The lowest BCUT2D eigenvalue weighted by Gasteiger charge is -2.21. The lowest BCUT2D eigenvalue weighted by molar-refractivity contribution is 0.663. The van der Waals surface area contributed by atoms with Gasteiger partial charge in [0.05, 0.1) is 16.9 Å². The molecule has 33 heavy (non-hydrogen) atoms. The molecular weight excluding hydrogens is 400 g/mol. The summed E-state index contributed by atoms with van der Waals surface area (Å²) in [6, 6.07) is 32.4. The van der Waals surface area contributed by atoms with E-state index in [0.717, 1.165) is 27.9 Å². The molecule has 0 saturated carbocycles. The molecule has 2 heteroatoms. The van der Waals surface area contributed by atoms with Crippen LogP contribution in [0.2, 0.25) is 0 Å². The maximum Gasteiger partial charge on any atom is 0.0725 e. The van der Waals surface area contributed by atoms with Crippen molar-refractivity contribution >= 4 is 32.4 Å². The van der Waals surface area contributed by atoms with Gasteiger partial charge in [-0.05, 0) is 63.0 Å². The number of aromatic nitrogens is 2. The van der Waals surface area contributed by atoms with E-state index >= 15 is 0 Å². The zero-order valence-corrected chi connectivity index (χ0v) is 18.6. The van der Waals surface area contributed by atoms with Crippen molar-refractivity contribution in [2.75, 3.05) is 0 Å². The van der Waals surface area contributed by atoms with Crippen molar-refractivity contribution in [3.8, 4) is 22.5 Å². The number of nitrogens with zero attached hydrogens (tertiary/aromatic N) is 2. The predicted octanol–water partition coefficient (Wildman–Crippen LogP) is 7.91. The van der Waals surface area contributed by atoms with Gasteiger partial charge in [0, 0.05) is 28.1 Å². The van der Waals surface area contributed by atoms with Crippen LogP contribution in [0.5, 0.6) is 0 Å². The van der Waals surface area contributed by atoms with Crippen LogP contribution in [0.3, 0.4) is 0 Å². The van der Waals surface area contributed by atoms with E-state index in [2.05, 4.69) is 91.6 Å². The molecule has 0 atom stereocenters. The van der Waals surface area contributed by atoms with E-state index in [4.69, 9.17) is 4.98 Å². The SMILES string of the molecule is CC1(C)c2cccc3cc(-c4cccc(-c5cnc6ccccc6c5)n4)c4cccc1c4c23. The molecule has 0 spiro atoms. The van der Waals surface area contributed by atoms with Gasteiger partial charge in [0.1, 0.15) is 0 Å². The topological polar surface area (TPSA) is 25.8 Å². The zero-order chi connectivity index (χ0) is 22.2. The predicted molar refractivity (Wildman–Crippen MR) is 138 cm³/mol. The Bertz CT molecular complexity index is 1740. The van der Waals surface area contributed by atoms with E-state index in [1.165, 1.54) is 38.2 Å². The molecule has 7 rings (SSSR count). The molecule has 2 heterocycles. The molecule has 0 fully saturated rings. The lowest BCUT2D eigenvalue weighted by atomic mass is 9.82. The van der Waals surface area contributed by atoms with Crippen LogP contribution in [0.25, 0.3) is 55.0 Å². The number of pyridine rings is 2. The molecule has 0 bridgehead atoms. The second kappa shape index (κ2) is 6.49. The average Bonchev–Trinajstić information content (AvgIpc) is 3.10. The van der Waals surface area contributed by atoms with Gasteiger partial charge in [0.15, 0.2) is 0 Å². The molecule has 156 valence electrons. The largest absolute Gasteiger partial charge is 0.256 e. The fourth-order valence-corrected chi connectivity index (χ4v) is 5.60. The van der Waals surface area contributed by atoms with E-state index in [1.807, 2.05) is 24.4 Å². The Kier molecular flexibility index (Phi) is 3.64.